The fraction of sp³-hybridized carbons (Fsp3) is 0.600. The van der Waals surface area contributed by atoms with Crippen LogP contribution in [0, 0.1) is 0 Å². The van der Waals surface area contributed by atoms with Crippen molar-refractivity contribution in [3.05, 3.63) is 29.8 Å². The van der Waals surface area contributed by atoms with Gasteiger partial charge in [0.25, 0.3) is 14.2 Å². The second-order valence-electron chi connectivity index (χ2n) is 8.97. The van der Waals surface area contributed by atoms with E-state index < -0.39 is 26.0 Å². The van der Waals surface area contributed by atoms with Crippen molar-refractivity contribution in [1.29, 1.82) is 0 Å². The number of likely N-dealkylation sites (tertiary alicyclic amines) is 1. The van der Waals surface area contributed by atoms with Crippen LogP contribution in [-0.2, 0) is 0 Å². The van der Waals surface area contributed by atoms with Gasteiger partial charge in [0.15, 0.2) is 0 Å². The number of nitrogens with one attached hydrogen (secondary N) is 1. The zero-order valence-electron chi connectivity index (χ0n) is 17.4. The number of nitrogens with zero attached hydrogens (tertiary/aromatic N) is 1. The fourth-order valence-electron chi connectivity index (χ4n) is 2.89. The molecule has 1 atom stereocenters. The zero-order valence-corrected chi connectivity index (χ0v) is 18.4. The molecule has 28 heavy (non-hydrogen) atoms. The van der Waals surface area contributed by atoms with Crippen molar-refractivity contribution in [2.75, 3.05) is 13.1 Å². The predicted octanol–water partition coefficient (Wildman–Crippen LogP) is 3.65. The Labute approximate surface area is 167 Å². The molecule has 0 aliphatic carbocycles. The van der Waals surface area contributed by atoms with Gasteiger partial charge in [-0.1, -0.05) is 32.9 Å². The molecule has 0 spiro atoms. The maximum atomic E-state index is 12.9. The molecule has 1 saturated heterocycles. The first-order chi connectivity index (χ1) is 12.8. The minimum atomic E-state index is -2.14. The Kier molecular flexibility index (Phi) is 6.45. The number of carbonyl (C=O) groups is 2. The van der Waals surface area contributed by atoms with Crippen LogP contribution in [0.2, 0.25) is 18.1 Å². The van der Waals surface area contributed by atoms with Gasteiger partial charge in [-0.2, -0.15) is 0 Å². The van der Waals surface area contributed by atoms with Gasteiger partial charge in [0, 0.05) is 19.5 Å². The number of hydrogen-bond donors (Lipinski definition) is 3. The van der Waals surface area contributed by atoms with Gasteiger partial charge in [-0.05, 0) is 43.1 Å². The molecule has 1 aliphatic heterocycles. The summed E-state index contributed by atoms with van der Waals surface area (Å²) in [6.07, 6.45) is -0.0846. The van der Waals surface area contributed by atoms with Gasteiger partial charge in [-0.15, -0.1) is 0 Å². The second-order valence-corrected chi connectivity index (χ2v) is 13.7. The van der Waals surface area contributed by atoms with E-state index in [4.69, 9.17) is 9.53 Å². The van der Waals surface area contributed by atoms with E-state index in [0.717, 1.165) is 0 Å². The van der Waals surface area contributed by atoms with Gasteiger partial charge in [0.05, 0.1) is 5.56 Å². The highest BCUT2D eigenvalue weighted by atomic mass is 28.4. The molecule has 2 amide bonds. The predicted molar refractivity (Wildman–Crippen MR) is 110 cm³/mol. The molecule has 1 heterocycles. The molecule has 1 unspecified atom stereocenters. The Balaban J connectivity index is 2.18. The third kappa shape index (κ3) is 5.26. The van der Waals surface area contributed by atoms with Crippen LogP contribution in [0.15, 0.2) is 24.3 Å². The Bertz CT molecular complexity index is 732. The summed E-state index contributed by atoms with van der Waals surface area (Å²) in [4.78, 5) is 25.4. The van der Waals surface area contributed by atoms with Crippen molar-refractivity contribution in [1.82, 2.24) is 10.2 Å². The largest absolute Gasteiger partial charge is 0.543 e. The van der Waals surface area contributed by atoms with Gasteiger partial charge in [0.2, 0.25) is 0 Å². The van der Waals surface area contributed by atoms with E-state index in [9.17, 15) is 14.7 Å². The van der Waals surface area contributed by atoms with Crippen molar-refractivity contribution >= 4 is 20.3 Å². The van der Waals surface area contributed by atoms with Crippen molar-refractivity contribution < 1.29 is 24.2 Å². The molecule has 0 aromatic heterocycles. The van der Waals surface area contributed by atoms with Gasteiger partial charge in [0.1, 0.15) is 11.5 Å². The van der Waals surface area contributed by atoms with E-state index in [1.54, 1.807) is 18.2 Å². The van der Waals surface area contributed by atoms with E-state index >= 15 is 0 Å². The van der Waals surface area contributed by atoms with Gasteiger partial charge in [-0.25, -0.2) is 4.79 Å². The van der Waals surface area contributed by atoms with Crippen LogP contribution >= 0.6 is 0 Å². The van der Waals surface area contributed by atoms with Crippen LogP contribution in [-0.4, -0.2) is 54.2 Å². The number of hydrogen-bond acceptors (Lipinski definition) is 4. The Morgan fingerprint density at radius 3 is 2.43 bits per heavy atom. The first kappa shape index (κ1) is 22.2. The number of amides is 2. The molecule has 156 valence electrons. The SMILES string of the molecule is CC(C)(C)[Si](C)(C)Oc1ccccc1C(=O)NC1(O)CCCN(C(=O)O)CC1. The molecule has 7 nitrogen and oxygen atoms in total. The number of carbonyl (C=O) groups excluding carboxylic acids is 1. The molecular weight excluding hydrogens is 376 g/mol. The number of para-hydroxylation sites is 1. The second kappa shape index (κ2) is 8.12. The minimum Gasteiger partial charge on any atom is -0.543 e. The molecule has 3 N–H and O–H groups in total. The van der Waals surface area contributed by atoms with Gasteiger partial charge < -0.3 is 24.9 Å². The summed E-state index contributed by atoms with van der Waals surface area (Å²) in [5, 5.41) is 22.7. The van der Waals surface area contributed by atoms with Crippen molar-refractivity contribution in [2.45, 2.75) is 63.9 Å². The third-order valence-electron chi connectivity index (χ3n) is 5.73. The minimum absolute atomic E-state index is 0.0175. The Morgan fingerprint density at radius 2 is 1.82 bits per heavy atom. The molecular formula is C20H32N2O5Si. The summed E-state index contributed by atoms with van der Waals surface area (Å²) in [6, 6.07) is 7.04. The number of carboxylic acid groups (broad SMARTS) is 1. The van der Waals surface area contributed by atoms with Crippen LogP contribution in [0.5, 0.6) is 5.75 Å². The highest BCUT2D eigenvalue weighted by Crippen LogP contribution is 2.38. The van der Waals surface area contributed by atoms with Crippen LogP contribution in [0.3, 0.4) is 0 Å². The summed E-state index contributed by atoms with van der Waals surface area (Å²) >= 11 is 0. The Morgan fingerprint density at radius 1 is 1.18 bits per heavy atom. The standard InChI is InChI=1S/C20H32N2O5Si/c1-19(2,3)28(4,5)27-16-10-7-6-9-15(16)17(23)21-20(26)11-8-13-22(14-12-20)18(24)25/h6-7,9-10,26H,8,11-14H2,1-5H3,(H,21,23)(H,24,25). The van der Waals surface area contributed by atoms with E-state index in [0.29, 0.717) is 30.7 Å². The van der Waals surface area contributed by atoms with Crippen molar-refractivity contribution in [3.8, 4) is 5.75 Å². The fourth-order valence-corrected chi connectivity index (χ4v) is 3.92. The smallest absolute Gasteiger partial charge is 0.407 e. The summed E-state index contributed by atoms with van der Waals surface area (Å²) < 4.78 is 6.32. The normalized spacial score (nSPS) is 21.0. The number of rotatable bonds is 4. The van der Waals surface area contributed by atoms with Gasteiger partial charge >= 0.3 is 6.09 Å². The quantitative estimate of drug-likeness (QED) is 0.522. The van der Waals surface area contributed by atoms with E-state index in [1.807, 2.05) is 6.07 Å². The maximum Gasteiger partial charge on any atom is 0.407 e. The molecule has 0 saturated carbocycles. The molecule has 1 aromatic carbocycles. The molecule has 8 heteroatoms. The first-order valence-electron chi connectivity index (χ1n) is 9.65. The topological polar surface area (TPSA) is 99.1 Å². The summed E-state index contributed by atoms with van der Waals surface area (Å²) in [5.74, 6) is 0.0940. The molecule has 2 rings (SSSR count). The lowest BCUT2D eigenvalue weighted by Gasteiger charge is -2.37. The average molecular weight is 409 g/mol. The van der Waals surface area contributed by atoms with E-state index in [2.05, 4.69) is 39.2 Å². The van der Waals surface area contributed by atoms with Crippen LogP contribution in [0.4, 0.5) is 4.79 Å². The van der Waals surface area contributed by atoms with Crippen molar-refractivity contribution in [3.63, 3.8) is 0 Å². The van der Waals surface area contributed by atoms with E-state index in [-0.39, 0.29) is 18.0 Å². The molecule has 1 fully saturated rings. The number of aliphatic hydroxyl groups is 1. The Hall–Kier alpha value is -2.06. The third-order valence-corrected chi connectivity index (χ3v) is 10.1. The number of benzene rings is 1. The monoisotopic (exact) mass is 408 g/mol. The maximum absolute atomic E-state index is 12.9. The molecule has 1 aromatic rings. The van der Waals surface area contributed by atoms with Crippen LogP contribution in [0.1, 0.15) is 50.4 Å². The highest BCUT2D eigenvalue weighted by Gasteiger charge is 2.40. The van der Waals surface area contributed by atoms with Crippen LogP contribution < -0.4 is 9.74 Å². The molecule has 1 aliphatic rings. The lowest BCUT2D eigenvalue weighted by Crippen LogP contribution is -2.49. The summed E-state index contributed by atoms with van der Waals surface area (Å²) in [6.45, 7) is 11.1. The highest BCUT2D eigenvalue weighted by molar-refractivity contribution is 6.74. The average Bonchev–Trinajstić information content (AvgIpc) is 2.75. The first-order valence-corrected chi connectivity index (χ1v) is 12.6. The van der Waals surface area contributed by atoms with Gasteiger partial charge in [-0.3, -0.25) is 4.79 Å². The van der Waals surface area contributed by atoms with E-state index in [1.165, 1.54) is 4.90 Å². The summed E-state index contributed by atoms with van der Waals surface area (Å²) in [7, 11) is -2.14. The molecule has 0 radical (unpaired) electrons. The lowest BCUT2D eigenvalue weighted by atomic mass is 10.0. The van der Waals surface area contributed by atoms with Crippen LogP contribution in [0.25, 0.3) is 0 Å². The summed E-state index contributed by atoms with van der Waals surface area (Å²) in [5.41, 5.74) is -1.06. The zero-order chi connectivity index (χ0) is 21.2. The lowest BCUT2D eigenvalue weighted by molar-refractivity contribution is -0.00387. The molecule has 0 bridgehead atoms. The van der Waals surface area contributed by atoms with Crippen molar-refractivity contribution in [2.24, 2.45) is 0 Å².